The van der Waals surface area contributed by atoms with Crippen molar-refractivity contribution in [2.45, 2.75) is 32.3 Å². The maximum absolute atomic E-state index is 12.6. The lowest BCUT2D eigenvalue weighted by molar-refractivity contribution is -0.140. The summed E-state index contributed by atoms with van der Waals surface area (Å²) >= 11 is 0. The second-order valence-corrected chi connectivity index (χ2v) is 9.07. The van der Waals surface area contributed by atoms with Crippen LogP contribution in [0, 0.1) is 11.8 Å². The maximum atomic E-state index is 12.6. The summed E-state index contributed by atoms with van der Waals surface area (Å²) < 4.78 is 11.0. The molecular weight excluding hydrogens is 490 g/mol. The van der Waals surface area contributed by atoms with Crippen LogP contribution in [0.25, 0.3) is 11.1 Å². The van der Waals surface area contributed by atoms with Gasteiger partial charge >= 0.3 is 11.9 Å². The number of hydrogen-bond acceptors (Lipinski definition) is 5. The highest BCUT2D eigenvalue weighted by molar-refractivity contribution is 5.90. The van der Waals surface area contributed by atoms with E-state index in [-0.39, 0.29) is 42.8 Å². The molecule has 4 rings (SSSR count). The first-order valence-corrected chi connectivity index (χ1v) is 12.2. The van der Waals surface area contributed by atoms with Crippen LogP contribution in [0.1, 0.15) is 41.6 Å². The SMILES string of the molecule is Cl.NC(N)=NCC1CCC(C(=O)Oc2ccc(-c3ccc(C(=O)OCc4ccccc4)cc3)cc2)CC1. The van der Waals surface area contributed by atoms with Crippen LogP contribution in [0.3, 0.4) is 0 Å². The van der Waals surface area contributed by atoms with Crippen molar-refractivity contribution in [3.05, 3.63) is 90.0 Å². The Morgan fingerprint density at radius 1 is 0.811 bits per heavy atom. The van der Waals surface area contributed by atoms with E-state index in [2.05, 4.69) is 4.99 Å². The van der Waals surface area contributed by atoms with Crippen molar-refractivity contribution in [1.82, 2.24) is 0 Å². The van der Waals surface area contributed by atoms with E-state index in [1.807, 2.05) is 54.6 Å². The van der Waals surface area contributed by atoms with Gasteiger partial charge < -0.3 is 20.9 Å². The number of hydrogen-bond donors (Lipinski definition) is 2. The third-order valence-electron chi connectivity index (χ3n) is 6.45. The summed E-state index contributed by atoms with van der Waals surface area (Å²) in [6.45, 7) is 0.850. The number of rotatable bonds is 8. The number of aliphatic imine (C=N–C) groups is 1. The Morgan fingerprint density at radius 3 is 2.00 bits per heavy atom. The summed E-state index contributed by atoms with van der Waals surface area (Å²) in [5, 5.41) is 0. The minimum atomic E-state index is -0.363. The molecule has 37 heavy (non-hydrogen) atoms. The molecule has 8 heteroatoms. The fraction of sp³-hybridized carbons (Fsp3) is 0.276. The molecule has 1 aliphatic carbocycles. The van der Waals surface area contributed by atoms with Gasteiger partial charge in [0, 0.05) is 6.54 Å². The largest absolute Gasteiger partial charge is 0.457 e. The number of carbonyl (C=O) groups excluding carboxylic acids is 2. The van der Waals surface area contributed by atoms with Crippen LogP contribution >= 0.6 is 12.4 Å². The number of nitrogens with zero attached hydrogens (tertiary/aromatic N) is 1. The summed E-state index contributed by atoms with van der Waals surface area (Å²) in [6.07, 6.45) is 3.37. The molecule has 3 aromatic rings. The zero-order valence-electron chi connectivity index (χ0n) is 20.5. The van der Waals surface area contributed by atoms with Crippen LogP contribution in [-0.4, -0.2) is 24.4 Å². The van der Waals surface area contributed by atoms with Gasteiger partial charge in [-0.1, -0.05) is 54.6 Å². The Bertz CT molecular complexity index is 1190. The lowest BCUT2D eigenvalue weighted by atomic mass is 9.82. The second-order valence-electron chi connectivity index (χ2n) is 9.07. The van der Waals surface area contributed by atoms with Crippen molar-refractivity contribution < 1.29 is 19.1 Å². The van der Waals surface area contributed by atoms with Gasteiger partial charge in [-0.15, -0.1) is 12.4 Å². The predicted octanol–water partition coefficient (Wildman–Crippen LogP) is 5.12. The van der Waals surface area contributed by atoms with Crippen molar-refractivity contribution >= 4 is 30.3 Å². The molecule has 0 unspecified atom stereocenters. The number of halogens is 1. The summed E-state index contributed by atoms with van der Waals surface area (Å²) in [5.74, 6) is 0.381. The molecule has 0 heterocycles. The average molecular weight is 522 g/mol. The first kappa shape index (κ1) is 27.7. The minimum absolute atomic E-state index is 0. The lowest BCUT2D eigenvalue weighted by Crippen LogP contribution is -2.28. The zero-order valence-corrected chi connectivity index (χ0v) is 21.4. The van der Waals surface area contributed by atoms with Crippen LogP contribution < -0.4 is 16.2 Å². The van der Waals surface area contributed by atoms with Gasteiger partial charge in [-0.3, -0.25) is 9.79 Å². The van der Waals surface area contributed by atoms with E-state index in [0.717, 1.165) is 42.4 Å². The van der Waals surface area contributed by atoms with Crippen molar-refractivity contribution in [1.29, 1.82) is 0 Å². The highest BCUT2D eigenvalue weighted by Crippen LogP contribution is 2.31. The van der Waals surface area contributed by atoms with E-state index in [9.17, 15) is 9.59 Å². The van der Waals surface area contributed by atoms with Gasteiger partial charge in [0.05, 0.1) is 11.5 Å². The molecule has 1 saturated carbocycles. The monoisotopic (exact) mass is 521 g/mol. The topological polar surface area (TPSA) is 117 Å². The molecule has 0 amide bonds. The van der Waals surface area contributed by atoms with Gasteiger partial charge in [-0.2, -0.15) is 0 Å². The number of carbonyl (C=O) groups is 2. The molecule has 0 aliphatic heterocycles. The van der Waals surface area contributed by atoms with Gasteiger partial charge in [-0.05, 0) is 72.6 Å². The summed E-state index contributed by atoms with van der Waals surface area (Å²) in [7, 11) is 0. The fourth-order valence-corrected chi connectivity index (χ4v) is 4.34. The predicted molar refractivity (Wildman–Crippen MR) is 146 cm³/mol. The van der Waals surface area contributed by atoms with E-state index in [1.54, 1.807) is 24.3 Å². The van der Waals surface area contributed by atoms with Gasteiger partial charge in [-0.25, -0.2) is 4.79 Å². The second kappa shape index (κ2) is 13.5. The van der Waals surface area contributed by atoms with Crippen molar-refractivity contribution in [2.75, 3.05) is 6.54 Å². The van der Waals surface area contributed by atoms with Crippen LogP contribution in [0.15, 0.2) is 83.9 Å². The van der Waals surface area contributed by atoms with Gasteiger partial charge in [0.2, 0.25) is 0 Å². The van der Waals surface area contributed by atoms with E-state index >= 15 is 0 Å². The summed E-state index contributed by atoms with van der Waals surface area (Å²) in [6, 6.07) is 24.2. The third-order valence-corrected chi connectivity index (χ3v) is 6.45. The molecule has 0 aromatic heterocycles. The summed E-state index contributed by atoms with van der Waals surface area (Å²) in [5.41, 5.74) is 14.1. The Kier molecular flexibility index (Phi) is 10.1. The number of guanidine groups is 1. The molecule has 3 aromatic carbocycles. The van der Waals surface area contributed by atoms with E-state index < -0.39 is 0 Å². The standard InChI is InChI=1S/C29H31N3O4.ClH/c30-29(31)32-18-20-6-8-25(9-7-20)28(34)36-26-16-14-23(15-17-26)22-10-12-24(13-11-22)27(33)35-19-21-4-2-1-3-5-21;/h1-5,10-17,20,25H,6-9,18-19H2,(H4,30,31,32);1H. The minimum Gasteiger partial charge on any atom is -0.457 e. The van der Waals surface area contributed by atoms with E-state index in [0.29, 0.717) is 23.8 Å². The molecule has 1 fully saturated rings. The number of ether oxygens (including phenoxy) is 2. The quantitative estimate of drug-likeness (QED) is 0.184. The molecule has 0 atom stereocenters. The van der Waals surface area contributed by atoms with Crippen LogP contribution in [0.5, 0.6) is 5.75 Å². The summed E-state index contributed by atoms with van der Waals surface area (Å²) in [4.78, 5) is 29.0. The number of benzene rings is 3. The van der Waals surface area contributed by atoms with Crippen LogP contribution in [0.4, 0.5) is 0 Å². The van der Waals surface area contributed by atoms with Crippen LogP contribution in [0.2, 0.25) is 0 Å². The first-order chi connectivity index (χ1) is 17.5. The van der Waals surface area contributed by atoms with Crippen molar-refractivity contribution in [3.8, 4) is 16.9 Å². The highest BCUT2D eigenvalue weighted by atomic mass is 35.5. The Labute approximate surface area is 223 Å². The Hall–Kier alpha value is -3.84. The zero-order chi connectivity index (χ0) is 25.3. The molecule has 0 spiro atoms. The number of esters is 2. The molecule has 1 aliphatic rings. The molecule has 7 nitrogen and oxygen atoms in total. The van der Waals surface area contributed by atoms with Gasteiger partial charge in [0.1, 0.15) is 12.4 Å². The van der Waals surface area contributed by atoms with Crippen molar-refractivity contribution in [3.63, 3.8) is 0 Å². The average Bonchev–Trinajstić information content (AvgIpc) is 2.92. The molecule has 194 valence electrons. The fourth-order valence-electron chi connectivity index (χ4n) is 4.34. The highest BCUT2D eigenvalue weighted by Gasteiger charge is 2.27. The lowest BCUT2D eigenvalue weighted by Gasteiger charge is -2.26. The smallest absolute Gasteiger partial charge is 0.338 e. The van der Waals surface area contributed by atoms with Gasteiger partial charge in [0.15, 0.2) is 5.96 Å². The van der Waals surface area contributed by atoms with Gasteiger partial charge in [0.25, 0.3) is 0 Å². The Balaban J connectivity index is 0.00000380. The molecule has 0 bridgehead atoms. The molecule has 0 radical (unpaired) electrons. The first-order valence-electron chi connectivity index (χ1n) is 12.2. The van der Waals surface area contributed by atoms with E-state index in [1.165, 1.54) is 0 Å². The third kappa shape index (κ3) is 8.08. The van der Waals surface area contributed by atoms with Crippen LogP contribution in [-0.2, 0) is 16.1 Å². The maximum Gasteiger partial charge on any atom is 0.338 e. The Morgan fingerprint density at radius 2 is 1.41 bits per heavy atom. The normalized spacial score (nSPS) is 16.6. The van der Waals surface area contributed by atoms with E-state index in [4.69, 9.17) is 20.9 Å². The molecular formula is C29H32ClN3O4. The van der Waals surface area contributed by atoms with Crippen molar-refractivity contribution in [2.24, 2.45) is 28.3 Å². The molecule has 0 saturated heterocycles. The number of nitrogens with two attached hydrogens (primary N) is 2. The molecule has 4 N–H and O–H groups in total.